The Morgan fingerprint density at radius 1 is 0.458 bits per heavy atom. The van der Waals surface area contributed by atoms with Crippen LogP contribution in [0.2, 0.25) is 0 Å². The van der Waals surface area contributed by atoms with Gasteiger partial charge in [0.25, 0.3) is 0 Å². The minimum absolute atomic E-state index is 0.333. The predicted octanol–water partition coefficient (Wildman–Crippen LogP) is 8.07. The van der Waals surface area contributed by atoms with Crippen LogP contribution in [0.4, 0.5) is 0 Å². The van der Waals surface area contributed by atoms with Crippen molar-refractivity contribution in [3.05, 3.63) is 0 Å². The molecule has 0 N–H and O–H groups in total. The minimum Gasteiger partial charge on any atom is -0.0930 e. The molecule has 4 aliphatic rings. The van der Waals surface area contributed by atoms with Gasteiger partial charge in [-0.1, -0.05) is 74.1 Å². The van der Waals surface area contributed by atoms with E-state index >= 15 is 0 Å². The van der Waals surface area contributed by atoms with E-state index < -0.39 is 0 Å². The molecule has 0 spiro atoms. The SMILES string of the molecule is CC(P(C1CCCC1)C1CCCC1)P(C1CCCC1)C1CCCC1. The average molecular weight is 367 g/mol. The monoisotopic (exact) mass is 366 g/mol. The predicted molar refractivity (Wildman–Crippen MR) is 112 cm³/mol. The van der Waals surface area contributed by atoms with Crippen molar-refractivity contribution in [3.8, 4) is 0 Å². The first kappa shape index (κ1) is 18.2. The summed E-state index contributed by atoms with van der Waals surface area (Å²) in [7, 11) is 0.666. The van der Waals surface area contributed by atoms with Crippen LogP contribution >= 0.6 is 15.8 Å². The van der Waals surface area contributed by atoms with E-state index in [4.69, 9.17) is 0 Å². The van der Waals surface area contributed by atoms with Crippen LogP contribution in [-0.4, -0.2) is 28.0 Å². The summed E-state index contributed by atoms with van der Waals surface area (Å²) >= 11 is 0. The summed E-state index contributed by atoms with van der Waals surface area (Å²) in [6.45, 7) is 2.81. The van der Waals surface area contributed by atoms with Gasteiger partial charge >= 0.3 is 0 Å². The quantitative estimate of drug-likeness (QED) is 0.417. The first-order valence-electron chi connectivity index (χ1n) is 11.4. The largest absolute Gasteiger partial charge is 0.0930 e. The Bertz CT molecular complexity index is 303. The number of hydrogen-bond donors (Lipinski definition) is 0. The molecule has 0 aliphatic heterocycles. The van der Waals surface area contributed by atoms with Crippen LogP contribution in [0.15, 0.2) is 0 Å². The van der Waals surface area contributed by atoms with Gasteiger partial charge in [-0.05, 0) is 79.4 Å². The van der Waals surface area contributed by atoms with Crippen LogP contribution < -0.4 is 0 Å². The lowest BCUT2D eigenvalue weighted by atomic mass is 10.3. The second-order valence-electron chi connectivity index (χ2n) is 9.28. The Labute approximate surface area is 153 Å². The molecule has 0 amide bonds. The van der Waals surface area contributed by atoms with E-state index in [9.17, 15) is 0 Å². The van der Waals surface area contributed by atoms with Gasteiger partial charge in [0.05, 0.1) is 0 Å². The zero-order chi connectivity index (χ0) is 16.4. The van der Waals surface area contributed by atoms with Crippen molar-refractivity contribution in [1.82, 2.24) is 0 Å². The fourth-order valence-corrected chi connectivity index (χ4v) is 17.8. The van der Waals surface area contributed by atoms with Crippen molar-refractivity contribution in [2.45, 2.75) is 138 Å². The summed E-state index contributed by atoms with van der Waals surface area (Å²) in [4.78, 5) is 0. The van der Waals surface area contributed by atoms with Crippen molar-refractivity contribution >= 4 is 15.8 Å². The number of rotatable bonds is 6. The molecule has 0 nitrogen and oxygen atoms in total. The normalized spacial score (nSPS) is 28.5. The van der Waals surface area contributed by atoms with E-state index in [-0.39, 0.29) is 0 Å². The molecule has 0 atom stereocenters. The lowest BCUT2D eigenvalue weighted by molar-refractivity contribution is 0.801. The maximum atomic E-state index is 2.81. The third-order valence-corrected chi connectivity index (χ3v) is 16.6. The summed E-state index contributed by atoms with van der Waals surface area (Å²) in [5.41, 5.74) is 4.74. The zero-order valence-corrected chi connectivity index (χ0v) is 17.9. The van der Waals surface area contributed by atoms with Gasteiger partial charge in [-0.3, -0.25) is 0 Å². The highest BCUT2D eigenvalue weighted by Gasteiger charge is 2.43. The average Bonchev–Trinajstić information content (AvgIpc) is 3.38. The first-order chi connectivity index (χ1) is 11.8. The maximum Gasteiger partial charge on any atom is -0.00242 e. The van der Waals surface area contributed by atoms with E-state index in [1.165, 1.54) is 22.6 Å². The van der Waals surface area contributed by atoms with Crippen molar-refractivity contribution in [2.75, 3.05) is 0 Å². The molecule has 0 saturated heterocycles. The fourth-order valence-electron chi connectivity index (χ4n) is 6.78. The minimum atomic E-state index is 0.333. The van der Waals surface area contributed by atoms with Gasteiger partial charge in [0.1, 0.15) is 0 Å². The van der Waals surface area contributed by atoms with Crippen LogP contribution in [0.3, 0.4) is 0 Å². The molecule has 0 aromatic heterocycles. The van der Waals surface area contributed by atoms with E-state index in [1.54, 1.807) is 103 Å². The fraction of sp³-hybridized carbons (Fsp3) is 1.00. The highest BCUT2D eigenvalue weighted by Crippen LogP contribution is 2.73. The molecule has 0 aromatic rings. The molecule has 0 heterocycles. The second-order valence-corrected chi connectivity index (χ2v) is 15.9. The lowest BCUT2D eigenvalue weighted by Crippen LogP contribution is -2.24. The Morgan fingerprint density at radius 2 is 0.667 bits per heavy atom. The molecule has 0 radical (unpaired) electrons. The van der Waals surface area contributed by atoms with Crippen LogP contribution in [0, 0.1) is 0 Å². The Balaban J connectivity index is 1.55. The summed E-state index contributed by atoms with van der Waals surface area (Å²) in [5.74, 6) is 0. The molecule has 138 valence electrons. The van der Waals surface area contributed by atoms with E-state index in [1.807, 2.05) is 0 Å². The van der Waals surface area contributed by atoms with Gasteiger partial charge in [-0.15, -0.1) is 0 Å². The molecule has 0 aromatic carbocycles. The zero-order valence-electron chi connectivity index (χ0n) is 16.1. The lowest BCUT2D eigenvalue weighted by Gasteiger charge is -2.44. The van der Waals surface area contributed by atoms with Crippen molar-refractivity contribution in [1.29, 1.82) is 0 Å². The molecule has 4 aliphatic carbocycles. The van der Waals surface area contributed by atoms with Gasteiger partial charge in [-0.25, -0.2) is 0 Å². The highest BCUT2D eigenvalue weighted by atomic mass is 31.2. The van der Waals surface area contributed by atoms with E-state index in [2.05, 4.69) is 6.92 Å². The van der Waals surface area contributed by atoms with Crippen molar-refractivity contribution < 1.29 is 0 Å². The maximum absolute atomic E-state index is 2.81. The summed E-state index contributed by atoms with van der Waals surface area (Å²) in [5, 5.41) is 1.16. The summed E-state index contributed by atoms with van der Waals surface area (Å²) in [6.07, 6.45) is 25.4. The van der Waals surface area contributed by atoms with Crippen LogP contribution in [0.5, 0.6) is 0 Å². The smallest absolute Gasteiger partial charge is 0.00242 e. The van der Waals surface area contributed by atoms with Crippen LogP contribution in [0.1, 0.15) is 110 Å². The van der Waals surface area contributed by atoms with Crippen LogP contribution in [0.25, 0.3) is 0 Å². The third-order valence-electron chi connectivity index (χ3n) is 7.85. The Kier molecular flexibility index (Phi) is 6.61. The third kappa shape index (κ3) is 3.91. The van der Waals surface area contributed by atoms with Gasteiger partial charge in [0, 0.05) is 0 Å². The van der Waals surface area contributed by atoms with Crippen molar-refractivity contribution in [2.24, 2.45) is 0 Å². The molecular formula is C22H40P2. The summed E-state index contributed by atoms with van der Waals surface area (Å²) < 4.78 is 0. The second kappa shape index (κ2) is 8.70. The summed E-state index contributed by atoms with van der Waals surface area (Å²) in [6, 6.07) is 0. The van der Waals surface area contributed by atoms with Gasteiger partial charge in [0.2, 0.25) is 0 Å². The molecule has 0 bridgehead atoms. The van der Waals surface area contributed by atoms with E-state index in [0.29, 0.717) is 15.8 Å². The molecule has 0 unspecified atom stereocenters. The molecular weight excluding hydrogens is 326 g/mol. The van der Waals surface area contributed by atoms with E-state index in [0.717, 1.165) is 5.40 Å². The van der Waals surface area contributed by atoms with Gasteiger partial charge < -0.3 is 0 Å². The number of hydrogen-bond acceptors (Lipinski definition) is 0. The molecule has 2 heteroatoms. The molecule has 4 rings (SSSR count). The molecule has 4 saturated carbocycles. The standard InChI is InChI=1S/C22H40P2/c1-18(23(19-10-2-3-11-19)20-12-4-5-13-20)24(21-14-6-7-15-21)22-16-8-9-17-22/h18-22H,2-17H2,1H3. The molecule has 24 heavy (non-hydrogen) atoms. The van der Waals surface area contributed by atoms with Gasteiger partial charge in [-0.2, -0.15) is 0 Å². The Hall–Kier alpha value is 0.860. The first-order valence-corrected chi connectivity index (χ1v) is 14.5. The van der Waals surface area contributed by atoms with Gasteiger partial charge in [0.15, 0.2) is 0 Å². The van der Waals surface area contributed by atoms with Crippen LogP contribution in [-0.2, 0) is 0 Å². The molecule has 4 fully saturated rings. The topological polar surface area (TPSA) is 0 Å². The Morgan fingerprint density at radius 3 is 0.875 bits per heavy atom. The highest BCUT2D eigenvalue weighted by molar-refractivity contribution is 7.77. The van der Waals surface area contributed by atoms with Crippen molar-refractivity contribution in [3.63, 3.8) is 0 Å².